The summed E-state index contributed by atoms with van der Waals surface area (Å²) in [7, 11) is 2.22. The van der Waals surface area contributed by atoms with Crippen LogP contribution in [-0.4, -0.2) is 76.1 Å². The van der Waals surface area contributed by atoms with Gasteiger partial charge in [-0.05, 0) is 48.6 Å². The first-order valence-corrected chi connectivity index (χ1v) is 12.9. The molecule has 0 unspecified atom stereocenters. The van der Waals surface area contributed by atoms with E-state index in [1.165, 1.54) is 16.8 Å². The number of nitrogens with zero attached hydrogens (tertiary/aromatic N) is 5. The molecule has 2 aliphatic rings. The number of fused-ring (bicyclic) bond motifs is 1. The smallest absolute Gasteiger partial charge is 0.475 e. The van der Waals surface area contributed by atoms with E-state index < -0.39 is 12.1 Å². The molecule has 1 fully saturated rings. The molecule has 3 heterocycles. The van der Waals surface area contributed by atoms with Crippen LogP contribution >= 0.6 is 11.6 Å². The number of aromatic nitrogens is 3. The maximum atomic E-state index is 10.6. The number of alkyl halides is 3. The van der Waals surface area contributed by atoms with Crippen molar-refractivity contribution in [1.29, 1.82) is 0 Å². The number of para-hydroxylation sites is 1. The number of carboxylic acids is 1. The zero-order chi connectivity index (χ0) is 28.2. The minimum Gasteiger partial charge on any atom is -0.475 e. The average Bonchev–Trinajstić information content (AvgIpc) is 3.28. The molecule has 2 aliphatic heterocycles. The fraction of sp³-hybridized carbons (Fsp3) is 0.423. The van der Waals surface area contributed by atoms with E-state index in [2.05, 4.69) is 73.3 Å². The van der Waals surface area contributed by atoms with Crippen molar-refractivity contribution in [1.82, 2.24) is 20.1 Å². The first kappa shape index (κ1) is 28.5. The molecule has 0 amide bonds. The Morgan fingerprint density at radius 3 is 2.38 bits per heavy atom. The molecule has 1 aromatic heterocycles. The van der Waals surface area contributed by atoms with E-state index in [-0.39, 0.29) is 0 Å². The van der Waals surface area contributed by atoms with Gasteiger partial charge in [-0.2, -0.15) is 18.2 Å². The molecule has 9 nitrogen and oxygen atoms in total. The minimum atomic E-state index is -5.08. The van der Waals surface area contributed by atoms with E-state index in [0.717, 1.165) is 50.5 Å². The van der Waals surface area contributed by atoms with Crippen LogP contribution in [0.15, 0.2) is 48.5 Å². The van der Waals surface area contributed by atoms with Gasteiger partial charge in [0.1, 0.15) is 0 Å². The molecule has 0 radical (unpaired) electrons. The molecule has 1 saturated heterocycles. The van der Waals surface area contributed by atoms with Gasteiger partial charge < -0.3 is 20.6 Å². The lowest BCUT2D eigenvalue weighted by atomic mass is 9.97. The van der Waals surface area contributed by atoms with Gasteiger partial charge in [-0.3, -0.25) is 4.90 Å². The first-order valence-electron chi connectivity index (χ1n) is 12.5. The highest BCUT2D eigenvalue weighted by molar-refractivity contribution is 6.30. The molecule has 1 atom stereocenters. The Balaban J connectivity index is 0.000000448. The Hall–Kier alpha value is -3.51. The summed E-state index contributed by atoms with van der Waals surface area (Å²) in [5, 5.41) is 14.9. The Bertz CT molecular complexity index is 1250. The summed E-state index contributed by atoms with van der Waals surface area (Å²) in [4.78, 5) is 20.6. The van der Waals surface area contributed by atoms with Crippen molar-refractivity contribution in [3.05, 3.63) is 64.7 Å². The van der Waals surface area contributed by atoms with Crippen LogP contribution in [0, 0.1) is 0 Å². The minimum absolute atomic E-state index is 0.373. The molecule has 3 aromatic rings. The number of aliphatic carboxylic acids is 1. The van der Waals surface area contributed by atoms with Crippen LogP contribution in [0.4, 0.5) is 30.8 Å². The SMILES string of the molecule is CN1C[C@H](Cc2ccc(Cl)cc2)N(C2CCN(c3n[nH]c(N)n3)CC2)Cc2ccccc21.O=C(O)C(F)(F)F. The number of aromatic amines is 1. The highest BCUT2D eigenvalue weighted by Gasteiger charge is 2.38. The highest BCUT2D eigenvalue weighted by Crippen LogP contribution is 2.32. The van der Waals surface area contributed by atoms with Crippen LogP contribution < -0.4 is 15.5 Å². The predicted octanol–water partition coefficient (Wildman–Crippen LogP) is 4.21. The summed E-state index contributed by atoms with van der Waals surface area (Å²) in [6, 6.07) is 18.1. The number of benzene rings is 2. The van der Waals surface area contributed by atoms with Crippen LogP contribution in [0.1, 0.15) is 24.0 Å². The van der Waals surface area contributed by atoms with Gasteiger partial charge in [0.25, 0.3) is 0 Å². The predicted molar refractivity (Wildman–Crippen MR) is 144 cm³/mol. The number of nitrogen functional groups attached to an aromatic ring is 1. The van der Waals surface area contributed by atoms with Gasteiger partial charge >= 0.3 is 12.1 Å². The molecular formula is C26H31ClF3N7O2. The summed E-state index contributed by atoms with van der Waals surface area (Å²) in [6.07, 6.45) is -1.91. The number of likely N-dealkylation sites (N-methyl/N-ethyl adjacent to an activating group) is 1. The molecule has 5 rings (SSSR count). The number of carboxylic acid groups (broad SMARTS) is 1. The van der Waals surface area contributed by atoms with Crippen molar-refractivity contribution in [2.75, 3.05) is 42.2 Å². The standard InChI is InChI=1S/C24H30ClN7.C2HF3O2/c1-30-16-21(14-17-6-8-19(25)9-7-17)32(15-18-4-2-3-5-22(18)30)20-10-12-31(13-11-20)24-27-23(26)28-29-24;3-2(4,5)1(6)7/h2-9,20-21H,10-16H2,1H3,(H3,26,27,28,29);(H,6,7)/t21-;/m0./s1. The number of rotatable bonds is 4. The van der Waals surface area contributed by atoms with Crippen LogP contribution in [0.2, 0.25) is 5.02 Å². The lowest BCUT2D eigenvalue weighted by Gasteiger charge is -2.42. The van der Waals surface area contributed by atoms with Crippen molar-refractivity contribution in [2.24, 2.45) is 0 Å². The van der Waals surface area contributed by atoms with Crippen LogP contribution in [0.25, 0.3) is 0 Å². The quantitative estimate of drug-likeness (QED) is 0.431. The normalized spacial score (nSPS) is 18.6. The van der Waals surface area contributed by atoms with Crippen LogP contribution in [0.5, 0.6) is 0 Å². The maximum Gasteiger partial charge on any atom is 0.490 e. The zero-order valence-corrected chi connectivity index (χ0v) is 22.2. The maximum absolute atomic E-state index is 10.6. The first-order chi connectivity index (χ1) is 18.5. The summed E-state index contributed by atoms with van der Waals surface area (Å²) in [5.74, 6) is -1.68. The topological polar surface area (TPSA) is 115 Å². The van der Waals surface area contributed by atoms with Gasteiger partial charge in [-0.15, -0.1) is 5.10 Å². The second-order valence-corrected chi connectivity index (χ2v) is 10.1. The van der Waals surface area contributed by atoms with E-state index in [1.807, 2.05) is 12.1 Å². The monoisotopic (exact) mass is 565 g/mol. The molecule has 0 saturated carbocycles. The average molecular weight is 566 g/mol. The molecule has 39 heavy (non-hydrogen) atoms. The fourth-order valence-corrected chi connectivity index (χ4v) is 5.29. The lowest BCUT2D eigenvalue weighted by Crippen LogP contribution is -2.51. The summed E-state index contributed by atoms with van der Waals surface area (Å²) >= 11 is 6.14. The van der Waals surface area contributed by atoms with E-state index in [9.17, 15) is 13.2 Å². The molecule has 0 aliphatic carbocycles. The van der Waals surface area contributed by atoms with E-state index in [0.29, 0.717) is 24.0 Å². The van der Waals surface area contributed by atoms with Gasteiger partial charge in [-0.1, -0.05) is 41.9 Å². The Morgan fingerprint density at radius 2 is 1.79 bits per heavy atom. The number of anilines is 3. The summed E-state index contributed by atoms with van der Waals surface area (Å²) < 4.78 is 31.7. The number of halogens is 4. The van der Waals surface area contributed by atoms with Gasteiger partial charge in [-0.25, -0.2) is 9.89 Å². The van der Waals surface area contributed by atoms with Gasteiger partial charge in [0.15, 0.2) is 0 Å². The van der Waals surface area contributed by atoms with Crippen LogP contribution in [-0.2, 0) is 17.8 Å². The number of H-pyrrole nitrogens is 1. The lowest BCUT2D eigenvalue weighted by molar-refractivity contribution is -0.192. The Morgan fingerprint density at radius 1 is 1.15 bits per heavy atom. The van der Waals surface area contributed by atoms with Crippen molar-refractivity contribution >= 4 is 35.2 Å². The number of hydrogen-bond donors (Lipinski definition) is 3. The molecule has 13 heteroatoms. The Labute approximate surface area is 229 Å². The molecule has 210 valence electrons. The molecule has 4 N–H and O–H groups in total. The summed E-state index contributed by atoms with van der Waals surface area (Å²) in [6.45, 7) is 3.83. The highest BCUT2D eigenvalue weighted by atomic mass is 35.5. The van der Waals surface area contributed by atoms with Gasteiger partial charge in [0, 0.05) is 56.0 Å². The number of nitrogens with two attached hydrogens (primary N) is 1. The van der Waals surface area contributed by atoms with E-state index >= 15 is 0 Å². The molecule has 2 aromatic carbocycles. The number of nitrogens with one attached hydrogen (secondary N) is 1. The van der Waals surface area contributed by atoms with Crippen molar-refractivity contribution in [3.63, 3.8) is 0 Å². The Kier molecular flexibility index (Phi) is 8.86. The van der Waals surface area contributed by atoms with Gasteiger partial charge in [0.2, 0.25) is 11.9 Å². The fourth-order valence-electron chi connectivity index (χ4n) is 5.17. The van der Waals surface area contributed by atoms with Crippen molar-refractivity contribution < 1.29 is 23.1 Å². The third kappa shape index (κ3) is 7.33. The second-order valence-electron chi connectivity index (χ2n) is 9.71. The number of piperidine rings is 1. The van der Waals surface area contributed by atoms with Crippen LogP contribution in [0.3, 0.4) is 0 Å². The third-order valence-corrected chi connectivity index (χ3v) is 7.30. The van der Waals surface area contributed by atoms with E-state index in [1.54, 1.807) is 0 Å². The van der Waals surface area contributed by atoms with E-state index in [4.69, 9.17) is 27.2 Å². The number of carbonyl (C=O) groups is 1. The zero-order valence-electron chi connectivity index (χ0n) is 21.4. The largest absolute Gasteiger partial charge is 0.490 e. The molecule has 0 spiro atoms. The molecule has 0 bridgehead atoms. The van der Waals surface area contributed by atoms with Crippen molar-refractivity contribution in [3.8, 4) is 0 Å². The van der Waals surface area contributed by atoms with Gasteiger partial charge in [0.05, 0.1) is 0 Å². The summed E-state index contributed by atoms with van der Waals surface area (Å²) in [5.41, 5.74) is 9.80. The molecular weight excluding hydrogens is 535 g/mol. The third-order valence-electron chi connectivity index (χ3n) is 7.04. The number of hydrogen-bond acceptors (Lipinski definition) is 7. The van der Waals surface area contributed by atoms with Crippen molar-refractivity contribution in [2.45, 2.75) is 44.1 Å². The second kappa shape index (κ2) is 12.1.